The second-order valence-electron chi connectivity index (χ2n) is 4.51. The van der Waals surface area contributed by atoms with Crippen molar-refractivity contribution in [3.05, 3.63) is 35.9 Å². The number of rotatable bonds is 7. The van der Waals surface area contributed by atoms with Gasteiger partial charge in [0.05, 0.1) is 12.5 Å². The molecule has 1 aromatic rings. The van der Waals surface area contributed by atoms with Gasteiger partial charge in [-0.2, -0.15) is 0 Å². The topological polar surface area (TPSA) is 92.4 Å². The summed E-state index contributed by atoms with van der Waals surface area (Å²) in [5.41, 5.74) is 6.65. The molecule has 0 fully saturated rings. The molecule has 0 unspecified atom stereocenters. The normalized spacial score (nSPS) is 13.6. The average Bonchev–Trinajstić information content (AvgIpc) is 2.38. The van der Waals surface area contributed by atoms with E-state index in [-0.39, 0.29) is 12.5 Å². The quantitative estimate of drug-likeness (QED) is 0.683. The third kappa shape index (κ3) is 5.52. The fourth-order valence-corrected chi connectivity index (χ4v) is 1.79. The Morgan fingerprint density at radius 1 is 1.32 bits per heavy atom. The Morgan fingerprint density at radius 3 is 2.47 bits per heavy atom. The summed E-state index contributed by atoms with van der Waals surface area (Å²) >= 11 is 0. The summed E-state index contributed by atoms with van der Waals surface area (Å²) in [6, 6.07) is 8.78. The molecule has 1 rings (SSSR count). The fourth-order valence-electron chi connectivity index (χ4n) is 1.79. The Hall–Kier alpha value is -1.88. The first-order valence-electron chi connectivity index (χ1n) is 6.34. The molecule has 0 aliphatic carbocycles. The number of carboxylic acids is 1. The van der Waals surface area contributed by atoms with Crippen LogP contribution in [-0.2, 0) is 16.0 Å². The summed E-state index contributed by atoms with van der Waals surface area (Å²) in [6.45, 7) is 1.97. The number of benzene rings is 1. The lowest BCUT2D eigenvalue weighted by Gasteiger charge is -2.19. The molecule has 0 heterocycles. The van der Waals surface area contributed by atoms with Crippen LogP contribution in [0.2, 0.25) is 0 Å². The molecule has 0 aromatic heterocycles. The van der Waals surface area contributed by atoms with Crippen molar-refractivity contribution in [3.8, 4) is 0 Å². The molecule has 5 nitrogen and oxygen atoms in total. The molecule has 1 aromatic carbocycles. The molecule has 1 amide bonds. The minimum atomic E-state index is -1.07. The van der Waals surface area contributed by atoms with Crippen molar-refractivity contribution in [1.82, 2.24) is 5.32 Å². The largest absolute Gasteiger partial charge is 0.481 e. The summed E-state index contributed by atoms with van der Waals surface area (Å²) < 4.78 is 0. The number of hydrogen-bond acceptors (Lipinski definition) is 3. The number of nitrogens with one attached hydrogen (secondary N) is 1. The molecule has 2 atom stereocenters. The third-order valence-electron chi connectivity index (χ3n) is 2.90. The molecule has 0 bridgehead atoms. The van der Waals surface area contributed by atoms with E-state index in [0.717, 1.165) is 12.0 Å². The van der Waals surface area contributed by atoms with E-state index in [9.17, 15) is 9.59 Å². The Balaban J connectivity index is 2.52. The van der Waals surface area contributed by atoms with Crippen LogP contribution in [0.15, 0.2) is 30.3 Å². The standard InChI is InChI=1S/C14H20N2O3/c1-2-11(8-10-6-4-3-5-7-10)16-14(19)12(15)9-13(17)18/h3-7,11-12H,2,8-9,15H2,1H3,(H,16,19)(H,17,18)/t11-,12-/m1/s1. The number of carbonyl (C=O) groups is 2. The van der Waals surface area contributed by atoms with Gasteiger partial charge in [0, 0.05) is 6.04 Å². The predicted octanol–water partition coefficient (Wildman–Crippen LogP) is 0.926. The molecule has 5 heteroatoms. The number of amides is 1. The highest BCUT2D eigenvalue weighted by Crippen LogP contribution is 2.06. The van der Waals surface area contributed by atoms with Crippen LogP contribution < -0.4 is 11.1 Å². The smallest absolute Gasteiger partial charge is 0.305 e. The molecule has 0 saturated heterocycles. The van der Waals surface area contributed by atoms with Crippen molar-refractivity contribution in [2.75, 3.05) is 0 Å². The van der Waals surface area contributed by atoms with Gasteiger partial charge in [-0.25, -0.2) is 0 Å². The molecular weight excluding hydrogens is 244 g/mol. The van der Waals surface area contributed by atoms with Crippen molar-refractivity contribution in [1.29, 1.82) is 0 Å². The van der Waals surface area contributed by atoms with Gasteiger partial charge in [0.25, 0.3) is 0 Å². The first kappa shape index (κ1) is 15.2. The molecule has 0 spiro atoms. The maximum absolute atomic E-state index is 11.7. The van der Waals surface area contributed by atoms with Gasteiger partial charge in [0.2, 0.25) is 5.91 Å². The molecule has 0 aliphatic heterocycles. The lowest BCUT2D eigenvalue weighted by molar-refractivity contribution is -0.139. The lowest BCUT2D eigenvalue weighted by Crippen LogP contribution is -2.46. The summed E-state index contributed by atoms with van der Waals surface area (Å²) in [6.07, 6.45) is 1.12. The summed E-state index contributed by atoms with van der Waals surface area (Å²) in [5, 5.41) is 11.4. The highest BCUT2D eigenvalue weighted by Gasteiger charge is 2.19. The first-order valence-corrected chi connectivity index (χ1v) is 6.34. The molecule has 0 aliphatic rings. The van der Waals surface area contributed by atoms with Crippen molar-refractivity contribution >= 4 is 11.9 Å². The SMILES string of the molecule is CC[C@H](Cc1ccccc1)NC(=O)[C@H](N)CC(=O)O. The Kier molecular flexibility index (Phi) is 6.02. The van der Waals surface area contributed by atoms with Gasteiger partial charge in [-0.3, -0.25) is 9.59 Å². The number of nitrogens with two attached hydrogens (primary N) is 1. The number of carbonyl (C=O) groups excluding carboxylic acids is 1. The predicted molar refractivity (Wildman–Crippen MR) is 72.6 cm³/mol. The first-order chi connectivity index (χ1) is 9.02. The molecule has 0 saturated carbocycles. The van der Waals surface area contributed by atoms with E-state index in [2.05, 4.69) is 5.32 Å². The molecule has 104 valence electrons. The maximum Gasteiger partial charge on any atom is 0.305 e. The fraction of sp³-hybridized carbons (Fsp3) is 0.429. The molecule has 4 N–H and O–H groups in total. The lowest BCUT2D eigenvalue weighted by atomic mass is 10.0. The second-order valence-corrected chi connectivity index (χ2v) is 4.51. The van der Waals surface area contributed by atoms with Gasteiger partial charge < -0.3 is 16.2 Å². The van der Waals surface area contributed by atoms with E-state index in [1.54, 1.807) is 0 Å². The molecule has 19 heavy (non-hydrogen) atoms. The van der Waals surface area contributed by atoms with Crippen molar-refractivity contribution in [2.24, 2.45) is 5.73 Å². The zero-order valence-electron chi connectivity index (χ0n) is 11.0. The number of aliphatic carboxylic acids is 1. The van der Waals surface area contributed by atoms with Gasteiger partial charge in [-0.05, 0) is 18.4 Å². The average molecular weight is 264 g/mol. The third-order valence-corrected chi connectivity index (χ3v) is 2.90. The monoisotopic (exact) mass is 264 g/mol. The van der Waals surface area contributed by atoms with Crippen molar-refractivity contribution in [2.45, 2.75) is 38.3 Å². The van der Waals surface area contributed by atoms with E-state index in [1.165, 1.54) is 0 Å². The van der Waals surface area contributed by atoms with Gasteiger partial charge in [0.15, 0.2) is 0 Å². The van der Waals surface area contributed by atoms with Crippen LogP contribution in [0.25, 0.3) is 0 Å². The number of carboxylic acid groups (broad SMARTS) is 1. The van der Waals surface area contributed by atoms with Crippen LogP contribution in [0, 0.1) is 0 Å². The van der Waals surface area contributed by atoms with Crippen LogP contribution in [0.5, 0.6) is 0 Å². The summed E-state index contributed by atoms with van der Waals surface area (Å²) in [5.74, 6) is -1.48. The van der Waals surface area contributed by atoms with E-state index in [4.69, 9.17) is 10.8 Å². The van der Waals surface area contributed by atoms with Crippen LogP contribution in [0.4, 0.5) is 0 Å². The Bertz CT molecular complexity index is 420. The van der Waals surface area contributed by atoms with Crippen LogP contribution in [-0.4, -0.2) is 29.1 Å². The molecular formula is C14H20N2O3. The minimum Gasteiger partial charge on any atom is -0.481 e. The highest BCUT2D eigenvalue weighted by atomic mass is 16.4. The van der Waals surface area contributed by atoms with Crippen molar-refractivity contribution in [3.63, 3.8) is 0 Å². The van der Waals surface area contributed by atoms with Crippen LogP contribution >= 0.6 is 0 Å². The van der Waals surface area contributed by atoms with Gasteiger partial charge >= 0.3 is 5.97 Å². The summed E-state index contributed by atoms with van der Waals surface area (Å²) in [4.78, 5) is 22.2. The van der Waals surface area contributed by atoms with Gasteiger partial charge in [-0.1, -0.05) is 37.3 Å². The Morgan fingerprint density at radius 2 is 1.95 bits per heavy atom. The van der Waals surface area contributed by atoms with E-state index < -0.39 is 17.9 Å². The minimum absolute atomic E-state index is 0.0326. The molecule has 0 radical (unpaired) electrons. The second kappa shape index (κ2) is 7.53. The van der Waals surface area contributed by atoms with Gasteiger partial charge in [0.1, 0.15) is 0 Å². The highest BCUT2D eigenvalue weighted by molar-refractivity contribution is 5.86. The maximum atomic E-state index is 11.7. The summed E-state index contributed by atoms with van der Waals surface area (Å²) in [7, 11) is 0. The van der Waals surface area contributed by atoms with Crippen molar-refractivity contribution < 1.29 is 14.7 Å². The van der Waals surface area contributed by atoms with Crippen LogP contribution in [0.1, 0.15) is 25.3 Å². The van der Waals surface area contributed by atoms with Crippen LogP contribution in [0.3, 0.4) is 0 Å². The van der Waals surface area contributed by atoms with E-state index in [0.29, 0.717) is 6.42 Å². The van der Waals surface area contributed by atoms with E-state index >= 15 is 0 Å². The zero-order chi connectivity index (χ0) is 14.3. The number of hydrogen-bond donors (Lipinski definition) is 3. The van der Waals surface area contributed by atoms with Gasteiger partial charge in [-0.15, -0.1) is 0 Å². The van der Waals surface area contributed by atoms with E-state index in [1.807, 2.05) is 37.3 Å². The zero-order valence-corrected chi connectivity index (χ0v) is 11.0. The Labute approximate surface area is 112 Å².